The van der Waals surface area contributed by atoms with Crippen molar-refractivity contribution >= 4 is 33.3 Å². The molecule has 2 N–H and O–H groups in total. The Balaban J connectivity index is 1.41. The van der Waals surface area contributed by atoms with Gasteiger partial charge in [0, 0.05) is 40.6 Å². The van der Waals surface area contributed by atoms with Crippen LogP contribution >= 0.6 is 11.3 Å². The molecule has 1 aromatic carbocycles. The lowest BCUT2D eigenvalue weighted by molar-refractivity contribution is -0.138. The predicted molar refractivity (Wildman–Crippen MR) is 103 cm³/mol. The van der Waals surface area contributed by atoms with Crippen LogP contribution in [0.3, 0.4) is 0 Å². The quantitative estimate of drug-likeness (QED) is 0.782. The fraction of sp³-hybridized carbons (Fsp3) is 0.500. The van der Waals surface area contributed by atoms with Crippen molar-refractivity contribution in [1.29, 1.82) is 0 Å². The van der Waals surface area contributed by atoms with E-state index in [0.29, 0.717) is 12.5 Å². The van der Waals surface area contributed by atoms with Crippen LogP contribution in [0.4, 0.5) is 0 Å². The van der Waals surface area contributed by atoms with Crippen molar-refractivity contribution in [2.75, 3.05) is 13.1 Å². The highest BCUT2D eigenvalue weighted by atomic mass is 32.1. The number of carboxylic acid groups (broad SMARTS) is 1. The topological polar surface area (TPSA) is 69.6 Å². The normalized spacial score (nSPS) is 23.4. The summed E-state index contributed by atoms with van der Waals surface area (Å²) in [6.45, 7) is 1.56. The van der Waals surface area contributed by atoms with Crippen LogP contribution in [0.2, 0.25) is 0 Å². The summed E-state index contributed by atoms with van der Waals surface area (Å²) in [5.41, 5.74) is 0.736. The summed E-state index contributed by atoms with van der Waals surface area (Å²) in [5, 5.41) is 15.2. The van der Waals surface area contributed by atoms with Crippen LogP contribution < -0.4 is 5.32 Å². The maximum atomic E-state index is 12.7. The number of nitrogens with one attached hydrogen (secondary N) is 1. The Bertz CT molecular complexity index is 814. The highest BCUT2D eigenvalue weighted by Crippen LogP contribution is 2.35. The van der Waals surface area contributed by atoms with Crippen LogP contribution in [0.15, 0.2) is 29.6 Å². The molecular weight excluding hydrogens is 348 g/mol. The van der Waals surface area contributed by atoms with Gasteiger partial charge in [-0.25, -0.2) is 0 Å². The lowest BCUT2D eigenvalue weighted by Crippen LogP contribution is -2.44. The highest BCUT2D eigenvalue weighted by molar-refractivity contribution is 7.17. The van der Waals surface area contributed by atoms with Gasteiger partial charge >= 0.3 is 5.97 Å². The van der Waals surface area contributed by atoms with E-state index >= 15 is 0 Å². The van der Waals surface area contributed by atoms with Gasteiger partial charge in [0.15, 0.2) is 0 Å². The molecule has 1 aliphatic heterocycles. The van der Waals surface area contributed by atoms with E-state index in [1.807, 2.05) is 29.6 Å². The number of nitrogens with zero attached hydrogens (tertiary/aromatic N) is 1. The zero-order valence-corrected chi connectivity index (χ0v) is 15.5. The molecule has 0 bridgehead atoms. The first kappa shape index (κ1) is 17.5. The molecule has 26 heavy (non-hydrogen) atoms. The van der Waals surface area contributed by atoms with E-state index in [0.717, 1.165) is 35.0 Å². The van der Waals surface area contributed by atoms with Gasteiger partial charge in [-0.2, -0.15) is 0 Å². The summed E-state index contributed by atoms with van der Waals surface area (Å²) in [5.74, 6) is -0.0517. The highest BCUT2D eigenvalue weighted by Gasteiger charge is 2.38. The van der Waals surface area contributed by atoms with Gasteiger partial charge in [-0.15, -0.1) is 11.3 Å². The number of carbonyl (C=O) groups excluding carboxylic acids is 1. The van der Waals surface area contributed by atoms with Crippen molar-refractivity contribution in [3.63, 3.8) is 0 Å². The third-order valence-corrected chi connectivity index (χ3v) is 6.53. The summed E-state index contributed by atoms with van der Waals surface area (Å²) in [4.78, 5) is 26.2. The molecule has 2 heterocycles. The molecule has 4 rings (SSSR count). The van der Waals surface area contributed by atoms with Crippen molar-refractivity contribution in [2.45, 2.75) is 44.2 Å². The molecule has 5 nitrogen and oxygen atoms in total. The number of thiophene rings is 1. The first-order chi connectivity index (χ1) is 12.6. The average molecular weight is 372 g/mol. The Morgan fingerprint density at radius 2 is 1.92 bits per heavy atom. The molecule has 0 spiro atoms. The number of fused-ring (bicyclic) bond motifs is 1. The fourth-order valence-electron chi connectivity index (χ4n) is 4.01. The Hall–Kier alpha value is -1.92. The summed E-state index contributed by atoms with van der Waals surface area (Å²) in [6, 6.07) is 8.31. The molecule has 1 amide bonds. The summed E-state index contributed by atoms with van der Waals surface area (Å²) < 4.78 is 1.12. The molecule has 2 aromatic rings. The van der Waals surface area contributed by atoms with Crippen LogP contribution in [0.1, 0.15) is 42.5 Å². The van der Waals surface area contributed by atoms with E-state index in [2.05, 4.69) is 10.2 Å². The smallest absolute Gasteiger partial charge is 0.304 e. The third-order valence-electron chi connectivity index (χ3n) is 5.57. The van der Waals surface area contributed by atoms with Crippen molar-refractivity contribution in [2.24, 2.45) is 5.92 Å². The largest absolute Gasteiger partial charge is 0.481 e. The summed E-state index contributed by atoms with van der Waals surface area (Å²) in [7, 11) is 0. The van der Waals surface area contributed by atoms with E-state index < -0.39 is 5.97 Å². The molecule has 1 saturated carbocycles. The minimum absolute atomic E-state index is 0.0319. The second-order valence-corrected chi connectivity index (χ2v) is 8.39. The van der Waals surface area contributed by atoms with Crippen LogP contribution in [0, 0.1) is 5.92 Å². The first-order valence-electron chi connectivity index (χ1n) is 9.34. The second-order valence-electron chi connectivity index (χ2n) is 7.48. The predicted octanol–water partition coefficient (Wildman–Crippen LogP) is 3.35. The molecule has 2 fully saturated rings. The monoisotopic (exact) mass is 372 g/mol. The van der Waals surface area contributed by atoms with E-state index in [4.69, 9.17) is 0 Å². The van der Waals surface area contributed by atoms with Gasteiger partial charge in [0.25, 0.3) is 5.91 Å². The Kier molecular flexibility index (Phi) is 4.96. The van der Waals surface area contributed by atoms with Gasteiger partial charge in [0.05, 0.1) is 12.0 Å². The van der Waals surface area contributed by atoms with Crippen LogP contribution in [-0.2, 0) is 4.79 Å². The van der Waals surface area contributed by atoms with Crippen LogP contribution in [0.5, 0.6) is 0 Å². The SMILES string of the molecule is O=C(O)C[C@H]1CC[C@@H](CNC(=O)c2csc3ccccc23)N1CC1CC1. The van der Waals surface area contributed by atoms with Gasteiger partial charge in [0.2, 0.25) is 0 Å². The van der Waals surface area contributed by atoms with Gasteiger partial charge in [-0.1, -0.05) is 18.2 Å². The van der Waals surface area contributed by atoms with Crippen molar-refractivity contribution in [1.82, 2.24) is 10.2 Å². The number of carbonyl (C=O) groups is 2. The molecule has 1 aliphatic carbocycles. The number of hydrogen-bond acceptors (Lipinski definition) is 4. The molecule has 2 aliphatic rings. The summed E-state index contributed by atoms with van der Waals surface area (Å²) >= 11 is 1.59. The van der Waals surface area contributed by atoms with Gasteiger partial charge in [-0.3, -0.25) is 14.5 Å². The number of benzene rings is 1. The molecule has 0 radical (unpaired) electrons. The molecule has 1 aromatic heterocycles. The molecule has 2 atom stereocenters. The first-order valence-corrected chi connectivity index (χ1v) is 10.2. The maximum absolute atomic E-state index is 12.7. The van der Waals surface area contributed by atoms with E-state index in [-0.39, 0.29) is 24.4 Å². The van der Waals surface area contributed by atoms with Crippen molar-refractivity contribution in [3.05, 3.63) is 35.2 Å². The zero-order chi connectivity index (χ0) is 18.1. The summed E-state index contributed by atoms with van der Waals surface area (Å²) in [6.07, 6.45) is 4.55. The van der Waals surface area contributed by atoms with Crippen molar-refractivity contribution < 1.29 is 14.7 Å². The number of aliphatic carboxylic acids is 1. The lowest BCUT2D eigenvalue weighted by Gasteiger charge is -2.29. The van der Waals surface area contributed by atoms with Crippen LogP contribution in [0.25, 0.3) is 10.1 Å². The third kappa shape index (κ3) is 3.76. The minimum Gasteiger partial charge on any atom is -0.481 e. The Morgan fingerprint density at radius 1 is 1.15 bits per heavy atom. The van der Waals surface area contributed by atoms with E-state index in [1.54, 1.807) is 11.3 Å². The van der Waals surface area contributed by atoms with Gasteiger partial charge in [-0.05, 0) is 37.7 Å². The van der Waals surface area contributed by atoms with E-state index in [1.165, 1.54) is 12.8 Å². The fourth-order valence-corrected chi connectivity index (χ4v) is 4.95. The van der Waals surface area contributed by atoms with Crippen LogP contribution in [-0.4, -0.2) is 47.1 Å². The van der Waals surface area contributed by atoms with Crippen molar-refractivity contribution in [3.8, 4) is 0 Å². The van der Waals surface area contributed by atoms with Gasteiger partial charge in [0.1, 0.15) is 0 Å². The van der Waals surface area contributed by atoms with Gasteiger partial charge < -0.3 is 10.4 Å². The number of amides is 1. The zero-order valence-electron chi connectivity index (χ0n) is 14.7. The minimum atomic E-state index is -0.731. The molecule has 1 saturated heterocycles. The number of likely N-dealkylation sites (tertiary alicyclic amines) is 1. The Morgan fingerprint density at radius 3 is 2.69 bits per heavy atom. The molecule has 138 valence electrons. The number of hydrogen-bond donors (Lipinski definition) is 2. The number of rotatable bonds is 7. The second kappa shape index (κ2) is 7.37. The standard InChI is InChI=1S/C20H24N2O3S/c23-19(24)9-14-7-8-15(22(14)11-13-5-6-13)10-21-20(25)17-12-26-18-4-2-1-3-16(17)18/h1-4,12-15H,5-11H2,(H,21,25)(H,23,24)/t14-,15+/m1/s1. The average Bonchev–Trinajstić information content (AvgIpc) is 3.22. The molecular formula is C20H24N2O3S. The van der Waals surface area contributed by atoms with E-state index in [9.17, 15) is 14.7 Å². The molecule has 0 unspecified atom stereocenters. The molecule has 6 heteroatoms. The lowest BCUT2D eigenvalue weighted by atomic mass is 10.1. The Labute approximate surface area is 157 Å². The number of carboxylic acids is 1. The maximum Gasteiger partial charge on any atom is 0.304 e.